The van der Waals surface area contributed by atoms with Crippen molar-refractivity contribution in [2.75, 3.05) is 7.11 Å². The molecule has 0 radical (unpaired) electrons. The Morgan fingerprint density at radius 1 is 1.78 bits per heavy atom. The van der Waals surface area contributed by atoms with E-state index in [2.05, 4.69) is 4.74 Å². The minimum atomic E-state index is 0.255. The van der Waals surface area contributed by atoms with Crippen molar-refractivity contribution < 1.29 is 4.74 Å². The molecule has 0 atom stereocenters. The lowest BCUT2D eigenvalue weighted by Crippen LogP contribution is -1.97. The molecule has 3 nitrogen and oxygen atoms in total. The second-order valence-corrected chi connectivity index (χ2v) is 1.64. The predicted octanol–water partition coefficient (Wildman–Crippen LogP) is 1.30. The third-order valence-corrected chi connectivity index (χ3v) is 0.939. The lowest BCUT2D eigenvalue weighted by Gasteiger charge is -1.96. The fraction of sp³-hybridized carbons (Fsp3) is 0.667. The van der Waals surface area contributed by atoms with Gasteiger partial charge in [-0.2, -0.15) is 5.26 Å². The standard InChI is InChI=1S/C6H10N2O/c1-9-6(8)4-2-3-5-7/h8H,2-4H2,1H3. The van der Waals surface area contributed by atoms with Crippen molar-refractivity contribution in [3.05, 3.63) is 0 Å². The molecule has 0 spiro atoms. The zero-order valence-corrected chi connectivity index (χ0v) is 5.48. The van der Waals surface area contributed by atoms with Crippen molar-refractivity contribution in [1.29, 1.82) is 10.7 Å². The summed E-state index contributed by atoms with van der Waals surface area (Å²) in [5.41, 5.74) is 0. The molecule has 0 aromatic heterocycles. The molecule has 0 heterocycles. The monoisotopic (exact) mass is 126 g/mol. The van der Waals surface area contributed by atoms with Crippen LogP contribution >= 0.6 is 0 Å². The Morgan fingerprint density at radius 2 is 2.44 bits per heavy atom. The van der Waals surface area contributed by atoms with Crippen LogP contribution in [0.1, 0.15) is 19.3 Å². The number of hydrogen-bond donors (Lipinski definition) is 1. The van der Waals surface area contributed by atoms with Crippen molar-refractivity contribution in [3.8, 4) is 6.07 Å². The van der Waals surface area contributed by atoms with Gasteiger partial charge in [-0.25, -0.2) is 0 Å². The number of methoxy groups -OCH3 is 1. The van der Waals surface area contributed by atoms with Crippen LogP contribution in [0.25, 0.3) is 0 Å². The van der Waals surface area contributed by atoms with E-state index in [4.69, 9.17) is 10.7 Å². The molecular weight excluding hydrogens is 116 g/mol. The summed E-state index contributed by atoms with van der Waals surface area (Å²) in [6, 6.07) is 1.99. The molecule has 50 valence electrons. The fourth-order valence-electron chi connectivity index (χ4n) is 0.430. The first-order chi connectivity index (χ1) is 4.31. The first-order valence-electron chi connectivity index (χ1n) is 2.79. The third kappa shape index (κ3) is 4.82. The van der Waals surface area contributed by atoms with Gasteiger partial charge in [0.25, 0.3) is 0 Å². The summed E-state index contributed by atoms with van der Waals surface area (Å²) in [5, 5.41) is 15.1. The molecule has 1 N–H and O–H groups in total. The molecule has 0 rings (SSSR count). The highest BCUT2D eigenvalue weighted by atomic mass is 16.5. The van der Waals surface area contributed by atoms with Crippen LogP contribution in [0.15, 0.2) is 0 Å². The Morgan fingerprint density at radius 3 is 2.89 bits per heavy atom. The summed E-state index contributed by atoms with van der Waals surface area (Å²) < 4.78 is 4.57. The zero-order valence-electron chi connectivity index (χ0n) is 5.48. The molecule has 0 aliphatic rings. The lowest BCUT2D eigenvalue weighted by molar-refractivity contribution is 0.384. The second kappa shape index (κ2) is 5.10. The van der Waals surface area contributed by atoms with Crippen LogP contribution in [0.3, 0.4) is 0 Å². The van der Waals surface area contributed by atoms with Gasteiger partial charge in [0.15, 0.2) is 5.90 Å². The van der Waals surface area contributed by atoms with Crippen molar-refractivity contribution in [2.45, 2.75) is 19.3 Å². The van der Waals surface area contributed by atoms with E-state index < -0.39 is 0 Å². The SMILES string of the molecule is COC(=N)CCCC#N. The highest BCUT2D eigenvalue weighted by Crippen LogP contribution is 1.94. The van der Waals surface area contributed by atoms with Crippen LogP contribution in [-0.2, 0) is 4.74 Å². The first-order valence-corrected chi connectivity index (χ1v) is 2.79. The molecule has 0 aliphatic carbocycles. The molecule has 0 aromatic carbocycles. The summed E-state index contributed by atoms with van der Waals surface area (Å²) in [6.45, 7) is 0. The Labute approximate surface area is 54.8 Å². The van der Waals surface area contributed by atoms with Crippen molar-refractivity contribution in [3.63, 3.8) is 0 Å². The van der Waals surface area contributed by atoms with Gasteiger partial charge in [-0.15, -0.1) is 0 Å². The average Bonchev–Trinajstić information content (AvgIpc) is 1.89. The Hall–Kier alpha value is -1.04. The van der Waals surface area contributed by atoms with E-state index in [0.29, 0.717) is 12.8 Å². The van der Waals surface area contributed by atoms with Gasteiger partial charge in [0, 0.05) is 12.8 Å². The maximum absolute atomic E-state index is 8.09. The summed E-state index contributed by atoms with van der Waals surface area (Å²) >= 11 is 0. The van der Waals surface area contributed by atoms with Crippen molar-refractivity contribution in [1.82, 2.24) is 0 Å². The lowest BCUT2D eigenvalue weighted by atomic mass is 10.2. The Balaban J connectivity index is 3.09. The number of nitriles is 1. The van der Waals surface area contributed by atoms with Crippen molar-refractivity contribution in [2.24, 2.45) is 0 Å². The highest BCUT2D eigenvalue weighted by Gasteiger charge is 1.92. The van der Waals surface area contributed by atoms with Gasteiger partial charge in [0.2, 0.25) is 0 Å². The number of nitrogens with one attached hydrogen (secondary N) is 1. The van der Waals surface area contributed by atoms with E-state index in [1.54, 1.807) is 0 Å². The van der Waals surface area contributed by atoms with E-state index in [1.165, 1.54) is 7.11 Å². The number of ether oxygens (including phenoxy) is 1. The van der Waals surface area contributed by atoms with E-state index in [0.717, 1.165) is 6.42 Å². The van der Waals surface area contributed by atoms with Gasteiger partial charge < -0.3 is 4.74 Å². The number of nitrogens with zero attached hydrogens (tertiary/aromatic N) is 1. The quantitative estimate of drug-likeness (QED) is 0.352. The van der Waals surface area contributed by atoms with Gasteiger partial charge in [0.1, 0.15) is 0 Å². The molecule has 0 fully saturated rings. The van der Waals surface area contributed by atoms with E-state index in [-0.39, 0.29) is 5.90 Å². The number of hydrogen-bond acceptors (Lipinski definition) is 3. The molecule has 0 amide bonds. The number of rotatable bonds is 3. The Kier molecular flexibility index (Phi) is 4.51. The third-order valence-electron chi connectivity index (χ3n) is 0.939. The summed E-state index contributed by atoms with van der Waals surface area (Å²) in [6.07, 6.45) is 1.80. The normalized spacial score (nSPS) is 8.00. The maximum atomic E-state index is 8.09. The minimum Gasteiger partial charge on any atom is -0.484 e. The van der Waals surface area contributed by atoms with Crippen LogP contribution in [0.5, 0.6) is 0 Å². The smallest absolute Gasteiger partial charge is 0.180 e. The maximum Gasteiger partial charge on any atom is 0.180 e. The molecule has 0 bridgehead atoms. The molecule has 0 unspecified atom stereocenters. The first kappa shape index (κ1) is 7.96. The number of unbranched alkanes of at least 4 members (excludes halogenated alkanes) is 1. The molecular formula is C6H10N2O. The van der Waals surface area contributed by atoms with E-state index in [1.807, 2.05) is 6.07 Å². The summed E-state index contributed by atoms with van der Waals surface area (Å²) in [4.78, 5) is 0. The van der Waals surface area contributed by atoms with Crippen LogP contribution in [-0.4, -0.2) is 13.0 Å². The Bertz CT molecular complexity index is 126. The van der Waals surface area contributed by atoms with Crippen LogP contribution in [0.2, 0.25) is 0 Å². The molecule has 9 heavy (non-hydrogen) atoms. The minimum absolute atomic E-state index is 0.255. The second-order valence-electron chi connectivity index (χ2n) is 1.64. The van der Waals surface area contributed by atoms with E-state index >= 15 is 0 Å². The topological polar surface area (TPSA) is 56.9 Å². The van der Waals surface area contributed by atoms with Crippen LogP contribution in [0, 0.1) is 16.7 Å². The molecule has 0 saturated carbocycles. The molecule has 3 heteroatoms. The zero-order chi connectivity index (χ0) is 7.11. The van der Waals surface area contributed by atoms with Gasteiger partial charge in [0.05, 0.1) is 13.2 Å². The predicted molar refractivity (Wildman–Crippen MR) is 34.2 cm³/mol. The molecule has 0 saturated heterocycles. The van der Waals surface area contributed by atoms with E-state index in [9.17, 15) is 0 Å². The van der Waals surface area contributed by atoms with Crippen LogP contribution < -0.4 is 0 Å². The molecule has 0 aliphatic heterocycles. The van der Waals surface area contributed by atoms with Gasteiger partial charge in [-0.05, 0) is 6.42 Å². The molecule has 0 aromatic rings. The highest BCUT2D eigenvalue weighted by molar-refractivity contribution is 5.72. The fourth-order valence-corrected chi connectivity index (χ4v) is 0.430. The largest absolute Gasteiger partial charge is 0.484 e. The summed E-state index contributed by atoms with van der Waals surface area (Å²) in [5.74, 6) is 0.255. The summed E-state index contributed by atoms with van der Waals surface area (Å²) in [7, 11) is 1.47. The van der Waals surface area contributed by atoms with Gasteiger partial charge in [-0.3, -0.25) is 5.41 Å². The average molecular weight is 126 g/mol. The van der Waals surface area contributed by atoms with Crippen molar-refractivity contribution >= 4 is 5.90 Å². The van der Waals surface area contributed by atoms with Gasteiger partial charge in [-0.1, -0.05) is 0 Å². The van der Waals surface area contributed by atoms with Gasteiger partial charge >= 0.3 is 0 Å². The van der Waals surface area contributed by atoms with Crippen LogP contribution in [0.4, 0.5) is 0 Å².